The summed E-state index contributed by atoms with van der Waals surface area (Å²) in [6.45, 7) is 13.0. The Morgan fingerprint density at radius 1 is 1.33 bits per heavy atom. The summed E-state index contributed by atoms with van der Waals surface area (Å²) in [4.78, 5) is 12.4. The largest absolute Gasteiger partial charge is 0.300 e. The van der Waals surface area contributed by atoms with Crippen molar-refractivity contribution in [2.45, 2.75) is 27.7 Å². The van der Waals surface area contributed by atoms with Crippen LogP contribution in [0.4, 0.5) is 0 Å². The molecule has 0 aromatic heterocycles. The van der Waals surface area contributed by atoms with Gasteiger partial charge in [-0.3, -0.25) is 0 Å². The standard InChI is InChI=1S/C6H6N2.C3H6O/c1-5(2)6(4-7)8-3;1-3(2)4/h1-2H3;1-2H3. The molecule has 12 heavy (non-hydrogen) atoms. The Balaban J connectivity index is 0. The molecule has 0 aliphatic carbocycles. The first-order valence-corrected chi connectivity index (χ1v) is 3.37. The van der Waals surface area contributed by atoms with Crippen LogP contribution in [0.25, 0.3) is 4.85 Å². The van der Waals surface area contributed by atoms with E-state index < -0.39 is 0 Å². The Morgan fingerprint density at radius 3 is 1.67 bits per heavy atom. The van der Waals surface area contributed by atoms with Crippen molar-refractivity contribution in [1.29, 1.82) is 5.26 Å². The predicted octanol–water partition coefficient (Wildman–Crippen LogP) is 2.32. The first-order valence-electron chi connectivity index (χ1n) is 3.37. The van der Waals surface area contributed by atoms with Gasteiger partial charge in [0.05, 0.1) is 12.6 Å². The van der Waals surface area contributed by atoms with E-state index >= 15 is 0 Å². The predicted molar refractivity (Wildman–Crippen MR) is 46.9 cm³/mol. The maximum atomic E-state index is 9.44. The van der Waals surface area contributed by atoms with Crippen molar-refractivity contribution in [3.05, 3.63) is 22.7 Å². The molecular weight excluding hydrogens is 152 g/mol. The molecule has 0 unspecified atom stereocenters. The molecule has 0 amide bonds. The number of allylic oxidation sites excluding steroid dienone is 2. The molecule has 0 fully saturated rings. The first kappa shape index (κ1) is 13.0. The fraction of sp³-hybridized carbons (Fsp3) is 0.444. The molecule has 0 atom stereocenters. The third-order valence-corrected chi connectivity index (χ3v) is 0.691. The highest BCUT2D eigenvalue weighted by Gasteiger charge is 1.91. The maximum absolute atomic E-state index is 9.44. The highest BCUT2D eigenvalue weighted by atomic mass is 16.1. The fourth-order valence-electron chi connectivity index (χ4n) is 0.249. The SMILES string of the molecule is CC(C)=O.[C-]#[N+]C(C#N)=C(C)C. The molecular formula is C9H12N2O. The number of carbonyl (C=O) groups excluding carboxylic acids is 1. The van der Waals surface area contributed by atoms with Crippen LogP contribution in [0.2, 0.25) is 0 Å². The van der Waals surface area contributed by atoms with Gasteiger partial charge in [-0.1, -0.05) is 19.4 Å². The van der Waals surface area contributed by atoms with Crippen LogP contribution >= 0.6 is 0 Å². The van der Waals surface area contributed by atoms with E-state index in [1.165, 1.54) is 13.8 Å². The second-order valence-electron chi connectivity index (χ2n) is 2.48. The van der Waals surface area contributed by atoms with Crippen molar-refractivity contribution in [3.8, 4) is 6.07 Å². The highest BCUT2D eigenvalue weighted by Crippen LogP contribution is 2.00. The molecule has 0 bridgehead atoms. The number of carbonyl (C=O) groups is 1. The van der Waals surface area contributed by atoms with E-state index in [4.69, 9.17) is 11.8 Å². The number of Topliss-reactive ketones (excluding diaryl/α,β-unsaturated/α-hetero) is 1. The summed E-state index contributed by atoms with van der Waals surface area (Å²) in [6, 6.07) is 1.78. The number of nitrogens with zero attached hydrogens (tertiary/aromatic N) is 2. The van der Waals surface area contributed by atoms with Crippen molar-refractivity contribution in [1.82, 2.24) is 0 Å². The summed E-state index contributed by atoms with van der Waals surface area (Å²) < 4.78 is 0. The van der Waals surface area contributed by atoms with Crippen LogP contribution in [-0.4, -0.2) is 5.78 Å². The van der Waals surface area contributed by atoms with Gasteiger partial charge in [0.2, 0.25) is 0 Å². The lowest BCUT2D eigenvalue weighted by Crippen LogP contribution is -1.70. The van der Waals surface area contributed by atoms with Crippen LogP contribution in [0, 0.1) is 17.9 Å². The smallest absolute Gasteiger partial charge is 0.260 e. The summed E-state index contributed by atoms with van der Waals surface area (Å²) in [5.41, 5.74) is 0.979. The zero-order valence-corrected chi connectivity index (χ0v) is 7.80. The molecule has 0 aliphatic heterocycles. The average Bonchev–Trinajstić information content (AvgIpc) is 1.87. The van der Waals surface area contributed by atoms with Gasteiger partial charge in [-0.25, -0.2) is 10.1 Å². The molecule has 0 aromatic rings. The van der Waals surface area contributed by atoms with Crippen LogP contribution in [-0.2, 0) is 4.79 Å². The second kappa shape index (κ2) is 7.50. The Hall–Kier alpha value is -1.61. The zero-order valence-electron chi connectivity index (χ0n) is 7.80. The van der Waals surface area contributed by atoms with E-state index in [-0.39, 0.29) is 11.5 Å². The molecule has 0 spiro atoms. The molecule has 0 radical (unpaired) electrons. The molecule has 0 aliphatic rings. The number of rotatable bonds is 0. The minimum Gasteiger partial charge on any atom is -0.300 e. The average molecular weight is 164 g/mol. The van der Waals surface area contributed by atoms with Crippen LogP contribution in [0.5, 0.6) is 0 Å². The topological polar surface area (TPSA) is 45.2 Å². The Kier molecular flexibility index (Phi) is 8.13. The van der Waals surface area contributed by atoms with Gasteiger partial charge in [0.15, 0.2) is 0 Å². The van der Waals surface area contributed by atoms with Crippen LogP contribution in [0.3, 0.4) is 0 Å². The first-order chi connectivity index (χ1) is 5.45. The molecule has 0 rings (SSSR count). The van der Waals surface area contributed by atoms with E-state index in [9.17, 15) is 4.79 Å². The summed E-state index contributed by atoms with van der Waals surface area (Å²) in [5, 5.41) is 8.17. The number of hydrogen-bond acceptors (Lipinski definition) is 2. The van der Waals surface area contributed by atoms with E-state index in [2.05, 4.69) is 4.85 Å². The van der Waals surface area contributed by atoms with Crippen LogP contribution in [0.15, 0.2) is 11.3 Å². The summed E-state index contributed by atoms with van der Waals surface area (Å²) in [6.07, 6.45) is 0. The van der Waals surface area contributed by atoms with Gasteiger partial charge in [0.1, 0.15) is 5.78 Å². The normalized spacial score (nSPS) is 6.50. The lowest BCUT2D eigenvalue weighted by atomic mass is 10.3. The minimum absolute atomic E-state index is 0.167. The van der Waals surface area contributed by atoms with E-state index in [0.717, 1.165) is 5.57 Å². The van der Waals surface area contributed by atoms with Crippen LogP contribution < -0.4 is 0 Å². The van der Waals surface area contributed by atoms with Gasteiger partial charge in [-0.05, 0) is 13.8 Å². The number of nitriles is 1. The van der Waals surface area contributed by atoms with E-state index in [1.807, 2.05) is 0 Å². The van der Waals surface area contributed by atoms with Crippen LogP contribution in [0.1, 0.15) is 27.7 Å². The van der Waals surface area contributed by atoms with Crippen molar-refractivity contribution in [3.63, 3.8) is 0 Å². The third kappa shape index (κ3) is 11.2. The molecule has 0 N–H and O–H groups in total. The van der Waals surface area contributed by atoms with Gasteiger partial charge in [0.25, 0.3) is 5.70 Å². The summed E-state index contributed by atoms with van der Waals surface area (Å²) in [7, 11) is 0. The molecule has 3 nitrogen and oxygen atoms in total. The van der Waals surface area contributed by atoms with Crippen molar-refractivity contribution in [2.75, 3.05) is 0 Å². The quantitative estimate of drug-likeness (QED) is 0.407. The van der Waals surface area contributed by atoms with Gasteiger partial charge in [0, 0.05) is 0 Å². The fourth-order valence-corrected chi connectivity index (χ4v) is 0.249. The van der Waals surface area contributed by atoms with Gasteiger partial charge < -0.3 is 4.79 Å². The lowest BCUT2D eigenvalue weighted by molar-refractivity contribution is -0.114. The molecule has 3 heteroatoms. The van der Waals surface area contributed by atoms with Crippen molar-refractivity contribution < 1.29 is 4.79 Å². The monoisotopic (exact) mass is 164 g/mol. The Bertz CT molecular complexity index is 239. The Morgan fingerprint density at radius 2 is 1.67 bits per heavy atom. The summed E-state index contributed by atoms with van der Waals surface area (Å²) in [5.74, 6) is 0.167. The minimum atomic E-state index is 0.167. The zero-order chi connectivity index (χ0) is 10.1. The highest BCUT2D eigenvalue weighted by molar-refractivity contribution is 5.72. The molecule has 0 aromatic carbocycles. The van der Waals surface area contributed by atoms with Gasteiger partial charge in [-0.15, -0.1) is 0 Å². The van der Waals surface area contributed by atoms with E-state index in [0.29, 0.717) is 0 Å². The number of hydrogen-bond donors (Lipinski definition) is 0. The number of ketones is 1. The molecule has 0 saturated heterocycles. The summed E-state index contributed by atoms with van der Waals surface area (Å²) >= 11 is 0. The Labute approximate surface area is 73.1 Å². The van der Waals surface area contributed by atoms with Gasteiger partial charge in [-0.2, -0.15) is 0 Å². The third-order valence-electron chi connectivity index (χ3n) is 0.691. The maximum Gasteiger partial charge on any atom is 0.260 e. The molecule has 0 heterocycles. The molecule has 0 saturated carbocycles. The van der Waals surface area contributed by atoms with E-state index in [1.54, 1.807) is 19.9 Å². The second-order valence-corrected chi connectivity index (χ2v) is 2.48. The molecule has 64 valence electrons. The van der Waals surface area contributed by atoms with Crippen molar-refractivity contribution in [2.24, 2.45) is 0 Å². The van der Waals surface area contributed by atoms with Gasteiger partial charge >= 0.3 is 0 Å². The lowest BCUT2D eigenvalue weighted by Gasteiger charge is -1.82. The van der Waals surface area contributed by atoms with Crippen molar-refractivity contribution >= 4 is 5.78 Å².